The van der Waals surface area contributed by atoms with E-state index in [-0.39, 0.29) is 12.5 Å². The summed E-state index contributed by atoms with van der Waals surface area (Å²) in [5, 5.41) is 17.5. The molecule has 4 nitrogen and oxygen atoms in total. The van der Waals surface area contributed by atoms with Gasteiger partial charge in [-0.2, -0.15) is 5.26 Å². The van der Waals surface area contributed by atoms with Crippen LogP contribution in [0.15, 0.2) is 0 Å². The van der Waals surface area contributed by atoms with Crippen molar-refractivity contribution in [3.05, 3.63) is 0 Å². The number of aliphatic hydroxyl groups is 1. The third kappa shape index (κ3) is 2.71. The van der Waals surface area contributed by atoms with E-state index in [4.69, 9.17) is 10.4 Å². The summed E-state index contributed by atoms with van der Waals surface area (Å²) in [6.07, 6.45) is 0. The van der Waals surface area contributed by atoms with Crippen molar-refractivity contribution in [1.82, 2.24) is 4.90 Å². The number of hydrogen-bond acceptors (Lipinski definition) is 3. The molecule has 1 N–H and O–H groups in total. The summed E-state index contributed by atoms with van der Waals surface area (Å²) in [6, 6.07) is 1.87. The highest BCUT2D eigenvalue weighted by Crippen LogP contribution is 2.13. The smallest absolute Gasteiger partial charge is 0.239 e. The van der Waals surface area contributed by atoms with Gasteiger partial charge in [-0.1, -0.05) is 0 Å². The van der Waals surface area contributed by atoms with Crippen molar-refractivity contribution in [2.75, 3.05) is 13.7 Å². The van der Waals surface area contributed by atoms with Crippen LogP contribution in [0.2, 0.25) is 0 Å². The van der Waals surface area contributed by atoms with Crippen molar-refractivity contribution in [2.24, 2.45) is 5.92 Å². The number of likely N-dealkylation sites (N-methyl/N-ethyl adjacent to an activating group) is 1. The predicted octanol–water partition coefficient (Wildman–Crippen LogP) is 0.375. The van der Waals surface area contributed by atoms with Crippen LogP contribution in [0.4, 0.5) is 0 Å². The number of carbonyl (C=O) groups excluding carboxylic acids is 1. The van der Waals surface area contributed by atoms with E-state index in [1.165, 1.54) is 4.90 Å². The molecule has 0 saturated heterocycles. The predicted molar refractivity (Wildman–Crippen MR) is 48.7 cm³/mol. The molecule has 4 heteroatoms. The normalized spacial score (nSPS) is 13.2. The minimum Gasteiger partial charge on any atom is -0.394 e. The first-order valence-electron chi connectivity index (χ1n) is 4.15. The maximum absolute atomic E-state index is 11.5. The van der Waals surface area contributed by atoms with Crippen molar-refractivity contribution in [2.45, 2.75) is 26.3 Å². The molecule has 1 atom stereocenters. The molecule has 0 radical (unpaired) electrons. The molecule has 1 amide bonds. The number of carbonyl (C=O) groups is 1. The molecule has 0 aliphatic rings. The Labute approximate surface area is 78.8 Å². The number of amides is 1. The van der Waals surface area contributed by atoms with Gasteiger partial charge in [0.25, 0.3) is 0 Å². The molecule has 0 saturated carbocycles. The SMILES string of the molecule is CC(C#N)C(=O)N(C)C(C)(C)CO. The molecule has 0 heterocycles. The molecule has 1 unspecified atom stereocenters. The maximum Gasteiger partial charge on any atom is 0.239 e. The Kier molecular flexibility index (Phi) is 3.89. The highest BCUT2D eigenvalue weighted by Gasteiger charge is 2.29. The van der Waals surface area contributed by atoms with Gasteiger partial charge in [0.15, 0.2) is 0 Å². The molecule has 0 bridgehead atoms. The van der Waals surface area contributed by atoms with E-state index < -0.39 is 11.5 Å². The lowest BCUT2D eigenvalue weighted by atomic mass is 10.0. The maximum atomic E-state index is 11.5. The van der Waals surface area contributed by atoms with Crippen molar-refractivity contribution in [3.8, 4) is 6.07 Å². The molecule has 74 valence electrons. The van der Waals surface area contributed by atoms with E-state index in [2.05, 4.69) is 0 Å². The lowest BCUT2D eigenvalue weighted by Gasteiger charge is -2.34. The van der Waals surface area contributed by atoms with Crippen LogP contribution in [0, 0.1) is 17.2 Å². The summed E-state index contributed by atoms with van der Waals surface area (Å²) < 4.78 is 0. The lowest BCUT2D eigenvalue weighted by Crippen LogP contribution is -2.49. The molecule has 0 aromatic carbocycles. The molecular weight excluding hydrogens is 168 g/mol. The zero-order valence-electron chi connectivity index (χ0n) is 8.53. The van der Waals surface area contributed by atoms with Gasteiger partial charge in [0.05, 0.1) is 18.2 Å². The van der Waals surface area contributed by atoms with Crippen LogP contribution in [-0.2, 0) is 4.79 Å². The van der Waals surface area contributed by atoms with E-state index in [1.807, 2.05) is 6.07 Å². The Bertz CT molecular complexity index is 230. The van der Waals surface area contributed by atoms with Gasteiger partial charge in [-0.05, 0) is 20.8 Å². The van der Waals surface area contributed by atoms with Crippen LogP contribution < -0.4 is 0 Å². The second-order valence-electron chi connectivity index (χ2n) is 3.72. The Morgan fingerprint density at radius 3 is 2.46 bits per heavy atom. The minimum absolute atomic E-state index is 0.118. The van der Waals surface area contributed by atoms with Crippen LogP contribution >= 0.6 is 0 Å². The van der Waals surface area contributed by atoms with Crippen molar-refractivity contribution < 1.29 is 9.90 Å². The minimum atomic E-state index is -0.657. The Balaban J connectivity index is 4.53. The summed E-state index contributed by atoms with van der Waals surface area (Å²) in [4.78, 5) is 12.9. The summed E-state index contributed by atoms with van der Waals surface area (Å²) >= 11 is 0. The lowest BCUT2D eigenvalue weighted by molar-refractivity contribution is -0.138. The quantitative estimate of drug-likeness (QED) is 0.689. The van der Waals surface area contributed by atoms with Gasteiger partial charge in [0.1, 0.15) is 5.92 Å². The van der Waals surface area contributed by atoms with Gasteiger partial charge in [-0.15, -0.1) is 0 Å². The van der Waals surface area contributed by atoms with Crippen molar-refractivity contribution >= 4 is 5.91 Å². The molecule has 0 spiro atoms. The third-order valence-electron chi connectivity index (χ3n) is 2.19. The average molecular weight is 184 g/mol. The van der Waals surface area contributed by atoms with Gasteiger partial charge in [0.2, 0.25) is 5.91 Å². The van der Waals surface area contributed by atoms with Gasteiger partial charge < -0.3 is 10.0 Å². The molecule has 0 aromatic heterocycles. The molecule has 13 heavy (non-hydrogen) atoms. The third-order valence-corrected chi connectivity index (χ3v) is 2.19. The Hall–Kier alpha value is -1.08. The monoisotopic (exact) mass is 184 g/mol. The molecule has 0 fully saturated rings. The molecular formula is C9H16N2O2. The van der Waals surface area contributed by atoms with Crippen LogP contribution in [-0.4, -0.2) is 35.1 Å². The fraction of sp³-hybridized carbons (Fsp3) is 0.778. The van der Waals surface area contributed by atoms with Crippen LogP contribution in [0.1, 0.15) is 20.8 Å². The molecule has 0 aliphatic heterocycles. The zero-order valence-corrected chi connectivity index (χ0v) is 8.53. The van der Waals surface area contributed by atoms with Crippen molar-refractivity contribution in [1.29, 1.82) is 5.26 Å². The highest BCUT2D eigenvalue weighted by atomic mass is 16.3. The van der Waals surface area contributed by atoms with E-state index in [1.54, 1.807) is 27.8 Å². The zero-order chi connectivity index (χ0) is 10.6. The van der Waals surface area contributed by atoms with E-state index in [0.717, 1.165) is 0 Å². The summed E-state index contributed by atoms with van der Waals surface area (Å²) in [6.45, 7) is 4.92. The van der Waals surface area contributed by atoms with Gasteiger partial charge in [0, 0.05) is 7.05 Å². The highest BCUT2D eigenvalue weighted by molar-refractivity contribution is 5.81. The van der Waals surface area contributed by atoms with E-state index >= 15 is 0 Å². The Morgan fingerprint density at radius 2 is 2.15 bits per heavy atom. The summed E-state index contributed by atoms with van der Waals surface area (Å²) in [7, 11) is 1.59. The average Bonchev–Trinajstić information content (AvgIpc) is 2.14. The largest absolute Gasteiger partial charge is 0.394 e. The Morgan fingerprint density at radius 1 is 1.69 bits per heavy atom. The van der Waals surface area contributed by atoms with Crippen molar-refractivity contribution in [3.63, 3.8) is 0 Å². The number of rotatable bonds is 3. The summed E-state index contributed by atoms with van der Waals surface area (Å²) in [5.41, 5.74) is -0.609. The number of hydrogen-bond donors (Lipinski definition) is 1. The summed E-state index contributed by atoms with van der Waals surface area (Å²) in [5.74, 6) is -0.919. The standard InChI is InChI=1S/C9H16N2O2/c1-7(5-10)8(13)11(4)9(2,3)6-12/h7,12H,6H2,1-4H3. The first-order valence-corrected chi connectivity index (χ1v) is 4.15. The number of aliphatic hydroxyl groups excluding tert-OH is 1. The second kappa shape index (κ2) is 4.24. The topological polar surface area (TPSA) is 64.3 Å². The number of nitriles is 1. The van der Waals surface area contributed by atoms with E-state index in [0.29, 0.717) is 0 Å². The van der Waals surface area contributed by atoms with Gasteiger partial charge in [-0.25, -0.2) is 0 Å². The second-order valence-corrected chi connectivity index (χ2v) is 3.72. The fourth-order valence-corrected chi connectivity index (χ4v) is 0.750. The molecule has 0 aliphatic carbocycles. The van der Waals surface area contributed by atoms with E-state index in [9.17, 15) is 4.79 Å². The van der Waals surface area contributed by atoms with Gasteiger partial charge in [-0.3, -0.25) is 4.79 Å². The molecule has 0 rings (SSSR count). The number of nitrogens with zero attached hydrogens (tertiary/aromatic N) is 2. The van der Waals surface area contributed by atoms with Crippen LogP contribution in [0.5, 0.6) is 0 Å². The fourth-order valence-electron chi connectivity index (χ4n) is 0.750. The molecule has 0 aromatic rings. The van der Waals surface area contributed by atoms with Gasteiger partial charge >= 0.3 is 0 Å². The first-order chi connectivity index (χ1) is 5.86. The first kappa shape index (κ1) is 11.9. The van der Waals surface area contributed by atoms with Crippen LogP contribution in [0.3, 0.4) is 0 Å². The van der Waals surface area contributed by atoms with Crippen LogP contribution in [0.25, 0.3) is 0 Å².